The van der Waals surface area contributed by atoms with E-state index in [0.717, 1.165) is 0 Å². The third kappa shape index (κ3) is 1.41. The fourth-order valence-electron chi connectivity index (χ4n) is 3.80. The summed E-state index contributed by atoms with van der Waals surface area (Å²) in [5, 5.41) is 0. The van der Waals surface area contributed by atoms with E-state index in [-0.39, 0.29) is 5.60 Å². The Bertz CT molecular complexity index is 205. The normalized spacial score (nSPS) is 32.1. The van der Waals surface area contributed by atoms with Crippen molar-refractivity contribution in [1.82, 2.24) is 0 Å². The monoisotopic (exact) mass is 198 g/mol. The lowest BCUT2D eigenvalue weighted by Crippen LogP contribution is -2.50. The number of hydrogen-bond donors (Lipinski definition) is 0. The summed E-state index contributed by atoms with van der Waals surface area (Å²) in [5.74, 6) is 0. The van der Waals surface area contributed by atoms with Crippen molar-refractivity contribution in [2.24, 2.45) is 10.8 Å². The van der Waals surface area contributed by atoms with Gasteiger partial charge >= 0.3 is 0 Å². The quantitative estimate of drug-likeness (QED) is 0.665. The SMILES string of the molecule is CCC1(C(C)(C)OC)CCCC1(C)C. The van der Waals surface area contributed by atoms with Crippen LogP contribution >= 0.6 is 0 Å². The fraction of sp³-hybridized carbons (Fsp3) is 1.00. The van der Waals surface area contributed by atoms with Crippen molar-refractivity contribution in [2.75, 3.05) is 7.11 Å². The summed E-state index contributed by atoms with van der Waals surface area (Å²) in [4.78, 5) is 0. The van der Waals surface area contributed by atoms with Crippen molar-refractivity contribution in [3.05, 3.63) is 0 Å². The maximum absolute atomic E-state index is 5.75. The molecular formula is C13H26O. The van der Waals surface area contributed by atoms with E-state index in [9.17, 15) is 0 Å². The molecule has 0 aromatic carbocycles. The molecule has 0 N–H and O–H groups in total. The molecule has 0 amide bonds. The second kappa shape index (κ2) is 3.52. The molecule has 1 rings (SSSR count). The summed E-state index contributed by atoms with van der Waals surface area (Å²) in [5.41, 5.74) is 0.776. The Morgan fingerprint density at radius 1 is 1.21 bits per heavy atom. The molecular weight excluding hydrogens is 172 g/mol. The Morgan fingerprint density at radius 2 is 1.79 bits per heavy atom. The van der Waals surface area contributed by atoms with Crippen LogP contribution in [0.2, 0.25) is 0 Å². The van der Waals surface area contributed by atoms with Crippen LogP contribution in [0.5, 0.6) is 0 Å². The topological polar surface area (TPSA) is 9.23 Å². The van der Waals surface area contributed by atoms with Crippen LogP contribution < -0.4 is 0 Å². The second-order valence-electron chi connectivity index (χ2n) is 5.89. The van der Waals surface area contributed by atoms with Crippen molar-refractivity contribution in [1.29, 1.82) is 0 Å². The van der Waals surface area contributed by atoms with E-state index in [4.69, 9.17) is 4.74 Å². The van der Waals surface area contributed by atoms with Gasteiger partial charge in [-0.2, -0.15) is 0 Å². The zero-order valence-corrected chi connectivity index (χ0v) is 10.7. The molecule has 14 heavy (non-hydrogen) atoms. The van der Waals surface area contributed by atoms with Crippen LogP contribution in [0.15, 0.2) is 0 Å². The molecule has 0 aromatic heterocycles. The third-order valence-corrected chi connectivity index (χ3v) is 4.97. The minimum atomic E-state index is 0.00174. The van der Waals surface area contributed by atoms with Gasteiger partial charge in [-0.05, 0) is 38.5 Å². The van der Waals surface area contributed by atoms with Crippen molar-refractivity contribution in [2.45, 2.75) is 65.9 Å². The van der Waals surface area contributed by atoms with Crippen molar-refractivity contribution < 1.29 is 4.74 Å². The van der Waals surface area contributed by atoms with Gasteiger partial charge in [0.1, 0.15) is 0 Å². The van der Waals surface area contributed by atoms with Gasteiger partial charge in [-0.1, -0.05) is 27.2 Å². The molecule has 0 spiro atoms. The largest absolute Gasteiger partial charge is 0.378 e. The van der Waals surface area contributed by atoms with E-state index in [1.54, 1.807) is 0 Å². The first-order chi connectivity index (χ1) is 6.33. The summed E-state index contributed by atoms with van der Waals surface area (Å²) < 4.78 is 5.75. The molecule has 0 aliphatic heterocycles. The average molecular weight is 198 g/mol. The predicted molar refractivity (Wildman–Crippen MR) is 61.4 cm³/mol. The standard InChI is InChI=1S/C13H26O/c1-7-13(12(4,5)14-6)10-8-9-11(13,2)3/h7-10H2,1-6H3. The first-order valence-electron chi connectivity index (χ1n) is 5.88. The smallest absolute Gasteiger partial charge is 0.0683 e. The number of hydrogen-bond acceptors (Lipinski definition) is 1. The molecule has 1 saturated carbocycles. The highest BCUT2D eigenvalue weighted by molar-refractivity contribution is 5.06. The molecule has 1 unspecified atom stereocenters. The number of methoxy groups -OCH3 is 1. The van der Waals surface area contributed by atoms with Crippen LogP contribution in [-0.2, 0) is 4.74 Å². The van der Waals surface area contributed by atoms with Crippen LogP contribution in [0.3, 0.4) is 0 Å². The predicted octanol–water partition coefficient (Wildman–Crippen LogP) is 4.02. The summed E-state index contributed by atoms with van der Waals surface area (Å²) >= 11 is 0. The van der Waals surface area contributed by atoms with E-state index >= 15 is 0 Å². The summed E-state index contributed by atoms with van der Waals surface area (Å²) in [6.07, 6.45) is 5.24. The van der Waals surface area contributed by atoms with Gasteiger partial charge in [0.15, 0.2) is 0 Å². The Labute approximate surface area is 89.2 Å². The summed E-state index contributed by atoms with van der Waals surface area (Å²) in [6, 6.07) is 0. The Balaban J connectivity index is 3.09. The molecule has 0 saturated heterocycles. The van der Waals surface area contributed by atoms with Gasteiger partial charge in [0.05, 0.1) is 5.60 Å². The van der Waals surface area contributed by atoms with Gasteiger partial charge in [-0.25, -0.2) is 0 Å². The van der Waals surface area contributed by atoms with E-state index in [1.807, 2.05) is 7.11 Å². The second-order valence-corrected chi connectivity index (χ2v) is 5.89. The minimum Gasteiger partial charge on any atom is -0.378 e. The molecule has 0 bridgehead atoms. The zero-order valence-electron chi connectivity index (χ0n) is 10.7. The lowest BCUT2D eigenvalue weighted by molar-refractivity contribution is -0.133. The van der Waals surface area contributed by atoms with Crippen LogP contribution in [0.25, 0.3) is 0 Å². The van der Waals surface area contributed by atoms with Crippen molar-refractivity contribution >= 4 is 0 Å². The Hall–Kier alpha value is -0.0400. The fourth-order valence-corrected chi connectivity index (χ4v) is 3.80. The molecule has 1 aliphatic rings. The molecule has 1 aliphatic carbocycles. The van der Waals surface area contributed by atoms with Crippen molar-refractivity contribution in [3.63, 3.8) is 0 Å². The lowest BCUT2D eigenvalue weighted by atomic mass is 9.58. The lowest BCUT2D eigenvalue weighted by Gasteiger charge is -2.51. The molecule has 0 radical (unpaired) electrons. The molecule has 1 fully saturated rings. The molecule has 1 atom stereocenters. The number of ether oxygens (including phenoxy) is 1. The van der Waals surface area contributed by atoms with E-state index in [2.05, 4.69) is 34.6 Å². The van der Waals surface area contributed by atoms with Gasteiger partial charge in [-0.15, -0.1) is 0 Å². The molecule has 0 aromatic rings. The molecule has 0 heterocycles. The first-order valence-corrected chi connectivity index (χ1v) is 5.88. The maximum atomic E-state index is 5.75. The summed E-state index contributed by atoms with van der Waals surface area (Å²) in [7, 11) is 1.85. The first kappa shape index (κ1) is 12.0. The maximum Gasteiger partial charge on any atom is 0.0683 e. The van der Waals surface area contributed by atoms with Gasteiger partial charge in [0.25, 0.3) is 0 Å². The molecule has 84 valence electrons. The molecule has 1 heteroatoms. The molecule has 1 nitrogen and oxygen atoms in total. The van der Waals surface area contributed by atoms with Gasteiger partial charge in [0, 0.05) is 12.5 Å². The van der Waals surface area contributed by atoms with Gasteiger partial charge in [-0.3, -0.25) is 0 Å². The van der Waals surface area contributed by atoms with Gasteiger partial charge in [0.2, 0.25) is 0 Å². The highest BCUT2D eigenvalue weighted by Gasteiger charge is 2.56. The van der Waals surface area contributed by atoms with Gasteiger partial charge < -0.3 is 4.74 Å². The number of rotatable bonds is 3. The van der Waals surface area contributed by atoms with Crippen LogP contribution in [0.4, 0.5) is 0 Å². The van der Waals surface area contributed by atoms with Crippen LogP contribution in [0.1, 0.15) is 60.3 Å². The highest BCUT2D eigenvalue weighted by atomic mass is 16.5. The van der Waals surface area contributed by atoms with Crippen molar-refractivity contribution in [3.8, 4) is 0 Å². The summed E-state index contributed by atoms with van der Waals surface area (Å²) in [6.45, 7) is 11.6. The van der Waals surface area contributed by atoms with E-state index in [1.165, 1.54) is 25.7 Å². The average Bonchev–Trinajstić information content (AvgIpc) is 2.42. The Morgan fingerprint density at radius 3 is 2.07 bits per heavy atom. The van der Waals surface area contributed by atoms with E-state index < -0.39 is 0 Å². The third-order valence-electron chi connectivity index (χ3n) is 4.97. The zero-order chi connectivity index (χ0) is 11.0. The Kier molecular flexibility index (Phi) is 3.02. The van der Waals surface area contributed by atoms with E-state index in [0.29, 0.717) is 10.8 Å². The minimum absolute atomic E-state index is 0.00174. The van der Waals surface area contributed by atoms with Crippen LogP contribution in [-0.4, -0.2) is 12.7 Å². The highest BCUT2D eigenvalue weighted by Crippen LogP contribution is 2.60. The van der Waals surface area contributed by atoms with Crippen LogP contribution in [0, 0.1) is 10.8 Å².